The molecule has 0 saturated carbocycles. The van der Waals surface area contributed by atoms with Gasteiger partial charge in [-0.25, -0.2) is 0 Å². The number of benzene rings is 1. The predicted molar refractivity (Wildman–Crippen MR) is 89.1 cm³/mol. The number of nitrogens with one attached hydrogen (secondary N) is 1. The van der Waals surface area contributed by atoms with E-state index in [1.165, 1.54) is 5.56 Å². The Labute approximate surface area is 132 Å². The minimum Gasteiger partial charge on any atom is -0.395 e. The van der Waals surface area contributed by atoms with Crippen molar-refractivity contribution in [3.05, 3.63) is 29.8 Å². The average Bonchev–Trinajstić information content (AvgIpc) is 2.49. The van der Waals surface area contributed by atoms with Crippen LogP contribution in [-0.2, 0) is 4.79 Å². The number of β-amino-alcohol motifs (C(OH)–C–C–N with tert-alkyl or cyclic N) is 1. The summed E-state index contributed by atoms with van der Waals surface area (Å²) >= 11 is 0. The van der Waals surface area contributed by atoms with E-state index >= 15 is 0 Å². The number of amides is 1. The number of nitrogens with zero attached hydrogens (tertiary/aromatic N) is 2. The van der Waals surface area contributed by atoms with Gasteiger partial charge in [0.1, 0.15) is 0 Å². The summed E-state index contributed by atoms with van der Waals surface area (Å²) in [6.07, 6.45) is 0. The number of anilines is 1. The molecule has 1 amide bonds. The van der Waals surface area contributed by atoms with Gasteiger partial charge in [-0.3, -0.25) is 14.6 Å². The van der Waals surface area contributed by atoms with Gasteiger partial charge in [-0.1, -0.05) is 26.0 Å². The lowest BCUT2D eigenvalue weighted by Crippen LogP contribution is -2.49. The molecule has 2 N–H and O–H groups in total. The smallest absolute Gasteiger partial charge is 0.238 e. The van der Waals surface area contributed by atoms with Gasteiger partial charge in [0.2, 0.25) is 5.91 Å². The maximum Gasteiger partial charge on any atom is 0.238 e. The van der Waals surface area contributed by atoms with E-state index in [0.717, 1.165) is 38.4 Å². The van der Waals surface area contributed by atoms with Crippen molar-refractivity contribution in [2.45, 2.75) is 19.8 Å². The van der Waals surface area contributed by atoms with Gasteiger partial charge in [0.05, 0.1) is 13.2 Å². The molecule has 0 aromatic heterocycles. The molecule has 5 nitrogen and oxygen atoms in total. The van der Waals surface area contributed by atoms with E-state index < -0.39 is 0 Å². The highest BCUT2D eigenvalue weighted by molar-refractivity contribution is 5.92. The lowest BCUT2D eigenvalue weighted by molar-refractivity contribution is -0.117. The first-order valence-electron chi connectivity index (χ1n) is 8.04. The molecule has 5 heteroatoms. The van der Waals surface area contributed by atoms with Crippen molar-refractivity contribution >= 4 is 11.6 Å². The highest BCUT2D eigenvalue weighted by Crippen LogP contribution is 2.18. The van der Waals surface area contributed by atoms with Crippen LogP contribution in [0.15, 0.2) is 24.3 Å². The third-order valence-electron chi connectivity index (χ3n) is 4.09. The molecular weight excluding hydrogens is 278 g/mol. The molecule has 0 aliphatic carbocycles. The van der Waals surface area contributed by atoms with Crippen LogP contribution in [0.2, 0.25) is 0 Å². The number of rotatable bonds is 6. The van der Waals surface area contributed by atoms with Crippen LogP contribution in [0.3, 0.4) is 0 Å². The van der Waals surface area contributed by atoms with E-state index in [0.29, 0.717) is 12.5 Å². The van der Waals surface area contributed by atoms with E-state index in [9.17, 15) is 4.79 Å². The summed E-state index contributed by atoms with van der Waals surface area (Å²) < 4.78 is 0. The van der Waals surface area contributed by atoms with Crippen LogP contribution in [0.25, 0.3) is 0 Å². The molecule has 0 atom stereocenters. The molecule has 1 aromatic carbocycles. The van der Waals surface area contributed by atoms with Crippen molar-refractivity contribution in [3.63, 3.8) is 0 Å². The molecule has 1 heterocycles. The van der Waals surface area contributed by atoms with Gasteiger partial charge in [-0.15, -0.1) is 0 Å². The second-order valence-corrected chi connectivity index (χ2v) is 6.17. The normalized spacial score (nSPS) is 16.9. The largest absolute Gasteiger partial charge is 0.395 e. The molecule has 122 valence electrons. The summed E-state index contributed by atoms with van der Waals surface area (Å²) in [4.78, 5) is 16.5. The van der Waals surface area contributed by atoms with Crippen molar-refractivity contribution in [2.75, 3.05) is 51.2 Å². The first-order chi connectivity index (χ1) is 10.6. The van der Waals surface area contributed by atoms with Crippen LogP contribution in [-0.4, -0.2) is 66.7 Å². The van der Waals surface area contributed by atoms with Crippen molar-refractivity contribution < 1.29 is 9.90 Å². The van der Waals surface area contributed by atoms with Crippen LogP contribution < -0.4 is 5.32 Å². The van der Waals surface area contributed by atoms with Gasteiger partial charge in [0, 0.05) is 38.4 Å². The van der Waals surface area contributed by atoms with Crippen molar-refractivity contribution in [2.24, 2.45) is 0 Å². The van der Waals surface area contributed by atoms with Crippen molar-refractivity contribution in [3.8, 4) is 0 Å². The Morgan fingerprint density at radius 3 is 2.55 bits per heavy atom. The lowest BCUT2D eigenvalue weighted by Gasteiger charge is -2.33. The molecule has 1 aliphatic rings. The van der Waals surface area contributed by atoms with Crippen molar-refractivity contribution in [1.29, 1.82) is 0 Å². The summed E-state index contributed by atoms with van der Waals surface area (Å²) in [7, 11) is 0. The zero-order chi connectivity index (χ0) is 15.9. The van der Waals surface area contributed by atoms with Crippen LogP contribution in [0, 0.1) is 0 Å². The van der Waals surface area contributed by atoms with E-state index in [1.54, 1.807) is 0 Å². The third-order valence-corrected chi connectivity index (χ3v) is 4.09. The fourth-order valence-electron chi connectivity index (χ4n) is 2.69. The standard InChI is InChI=1S/C17H27N3O2/c1-14(2)15-4-3-5-16(12-15)18-17(22)13-20-8-6-19(7-9-20)10-11-21/h3-5,12,14,21H,6-11,13H2,1-2H3,(H,18,22). The molecular formula is C17H27N3O2. The molecule has 1 aliphatic heterocycles. The zero-order valence-electron chi connectivity index (χ0n) is 13.6. The van der Waals surface area contributed by atoms with Gasteiger partial charge in [0.15, 0.2) is 0 Å². The van der Waals surface area contributed by atoms with Gasteiger partial charge >= 0.3 is 0 Å². The number of piperazine rings is 1. The van der Waals surface area contributed by atoms with Gasteiger partial charge in [-0.2, -0.15) is 0 Å². The number of carbonyl (C=O) groups is 1. The maximum atomic E-state index is 12.2. The summed E-state index contributed by atoms with van der Waals surface area (Å²) in [5.41, 5.74) is 2.10. The number of hydrogen-bond donors (Lipinski definition) is 2. The second kappa shape index (κ2) is 8.27. The Hall–Kier alpha value is -1.43. The van der Waals surface area contributed by atoms with Crippen LogP contribution in [0.5, 0.6) is 0 Å². The quantitative estimate of drug-likeness (QED) is 0.833. The van der Waals surface area contributed by atoms with Crippen molar-refractivity contribution in [1.82, 2.24) is 9.80 Å². The molecule has 0 spiro atoms. The third kappa shape index (κ3) is 5.09. The SMILES string of the molecule is CC(C)c1cccc(NC(=O)CN2CCN(CCO)CC2)c1. The Bertz CT molecular complexity index is 483. The topological polar surface area (TPSA) is 55.8 Å². The van der Waals surface area contributed by atoms with E-state index in [-0.39, 0.29) is 12.5 Å². The van der Waals surface area contributed by atoms with Gasteiger partial charge < -0.3 is 10.4 Å². The second-order valence-electron chi connectivity index (χ2n) is 6.17. The monoisotopic (exact) mass is 305 g/mol. The molecule has 1 saturated heterocycles. The summed E-state index contributed by atoms with van der Waals surface area (Å²) in [5.74, 6) is 0.493. The van der Waals surface area contributed by atoms with Gasteiger partial charge in [-0.05, 0) is 23.6 Å². The molecule has 1 fully saturated rings. The van der Waals surface area contributed by atoms with Crippen LogP contribution in [0.1, 0.15) is 25.3 Å². The number of aliphatic hydroxyl groups is 1. The fourth-order valence-corrected chi connectivity index (χ4v) is 2.69. The average molecular weight is 305 g/mol. The van der Waals surface area contributed by atoms with E-state index in [4.69, 9.17) is 5.11 Å². The summed E-state index contributed by atoms with van der Waals surface area (Å²) in [6, 6.07) is 8.05. The highest BCUT2D eigenvalue weighted by Gasteiger charge is 2.18. The lowest BCUT2D eigenvalue weighted by atomic mass is 10.0. The molecule has 22 heavy (non-hydrogen) atoms. The predicted octanol–water partition coefficient (Wildman–Crippen LogP) is 1.36. The number of carbonyl (C=O) groups excluding carboxylic acids is 1. The Morgan fingerprint density at radius 2 is 1.91 bits per heavy atom. The molecule has 1 aromatic rings. The molecule has 0 radical (unpaired) electrons. The fraction of sp³-hybridized carbons (Fsp3) is 0.588. The van der Waals surface area contributed by atoms with Crippen LogP contribution >= 0.6 is 0 Å². The Morgan fingerprint density at radius 1 is 1.23 bits per heavy atom. The zero-order valence-corrected chi connectivity index (χ0v) is 13.6. The maximum absolute atomic E-state index is 12.2. The molecule has 0 bridgehead atoms. The Balaban J connectivity index is 1.80. The van der Waals surface area contributed by atoms with Crippen LogP contribution in [0.4, 0.5) is 5.69 Å². The first-order valence-corrected chi connectivity index (χ1v) is 8.04. The summed E-state index contributed by atoms with van der Waals surface area (Å²) in [5, 5.41) is 11.9. The molecule has 2 rings (SSSR count). The highest BCUT2D eigenvalue weighted by atomic mass is 16.3. The number of aliphatic hydroxyl groups excluding tert-OH is 1. The first kappa shape index (κ1) is 16.9. The molecule has 0 unspecified atom stereocenters. The number of hydrogen-bond acceptors (Lipinski definition) is 4. The Kier molecular flexibility index (Phi) is 6.36. The summed E-state index contributed by atoms with van der Waals surface area (Å²) in [6.45, 7) is 9.22. The minimum absolute atomic E-state index is 0.0384. The van der Waals surface area contributed by atoms with E-state index in [2.05, 4.69) is 35.0 Å². The van der Waals surface area contributed by atoms with Gasteiger partial charge in [0.25, 0.3) is 0 Å². The van der Waals surface area contributed by atoms with E-state index in [1.807, 2.05) is 18.2 Å². The minimum atomic E-state index is 0.0384.